The third kappa shape index (κ3) is 7.08. The molecule has 0 bridgehead atoms. The van der Waals surface area contributed by atoms with Gasteiger partial charge in [-0.1, -0.05) is 46.5 Å². The largest absolute Gasteiger partial charge is 0.391 e. The number of aliphatic hydroxyl groups excluding tert-OH is 2. The summed E-state index contributed by atoms with van der Waals surface area (Å²) in [6.45, 7) is 12.2. The summed E-state index contributed by atoms with van der Waals surface area (Å²) in [7, 11) is 0. The third-order valence-corrected chi connectivity index (χ3v) is 4.85. The minimum absolute atomic E-state index is 0.455. The van der Waals surface area contributed by atoms with Gasteiger partial charge in [-0.25, -0.2) is 0 Å². The van der Waals surface area contributed by atoms with Crippen molar-refractivity contribution in [2.24, 2.45) is 11.8 Å². The number of rotatable bonds is 10. The second-order valence-electron chi connectivity index (χ2n) is 8.10. The minimum Gasteiger partial charge on any atom is -0.391 e. The molecule has 4 nitrogen and oxygen atoms in total. The predicted octanol–water partition coefficient (Wildman–Crippen LogP) is 3.88. The fourth-order valence-electron chi connectivity index (χ4n) is 3.39. The van der Waals surface area contributed by atoms with Crippen molar-refractivity contribution in [1.82, 2.24) is 0 Å². The van der Waals surface area contributed by atoms with E-state index in [0.29, 0.717) is 0 Å². The second-order valence-corrected chi connectivity index (χ2v) is 8.10. The molecule has 0 aromatic heterocycles. The van der Waals surface area contributed by atoms with Gasteiger partial charge in [0.1, 0.15) is 12.2 Å². The van der Waals surface area contributed by atoms with Crippen molar-refractivity contribution in [3.05, 3.63) is 0 Å². The summed E-state index contributed by atoms with van der Waals surface area (Å²) in [5, 5.41) is 19.7. The Kier molecular flexibility index (Phi) is 8.50. The van der Waals surface area contributed by atoms with Gasteiger partial charge in [-0.15, -0.1) is 0 Å². The lowest BCUT2D eigenvalue weighted by Crippen LogP contribution is -2.39. The molecule has 1 saturated heterocycles. The summed E-state index contributed by atoms with van der Waals surface area (Å²) < 4.78 is 11.9. The highest BCUT2D eigenvalue weighted by Crippen LogP contribution is 2.36. The topological polar surface area (TPSA) is 58.9 Å². The summed E-state index contributed by atoms with van der Waals surface area (Å²) in [6.07, 6.45) is 4.69. The Bertz CT molecular complexity index is 311. The van der Waals surface area contributed by atoms with Crippen LogP contribution in [-0.2, 0) is 9.47 Å². The van der Waals surface area contributed by atoms with Crippen molar-refractivity contribution in [2.75, 3.05) is 0 Å². The number of aliphatic hydroxyl groups is 2. The molecular formula is C19H38O4. The first-order chi connectivity index (χ1) is 10.6. The Balaban J connectivity index is 2.36. The third-order valence-electron chi connectivity index (χ3n) is 4.85. The lowest BCUT2D eigenvalue weighted by molar-refractivity contribution is -0.178. The predicted molar refractivity (Wildman–Crippen MR) is 93.2 cm³/mol. The smallest absolute Gasteiger partial charge is 0.166 e. The Labute approximate surface area is 142 Å². The molecule has 5 atom stereocenters. The summed E-state index contributed by atoms with van der Waals surface area (Å²) in [5.41, 5.74) is 0. The van der Waals surface area contributed by atoms with Crippen LogP contribution in [0.25, 0.3) is 0 Å². The molecule has 1 heterocycles. The van der Waals surface area contributed by atoms with Crippen molar-refractivity contribution in [3.8, 4) is 0 Å². The van der Waals surface area contributed by atoms with Gasteiger partial charge in [-0.2, -0.15) is 0 Å². The molecule has 1 aliphatic rings. The molecule has 1 fully saturated rings. The Morgan fingerprint density at radius 2 is 1.30 bits per heavy atom. The molecule has 138 valence electrons. The van der Waals surface area contributed by atoms with Crippen LogP contribution in [0.3, 0.4) is 0 Å². The van der Waals surface area contributed by atoms with Crippen LogP contribution < -0.4 is 0 Å². The standard InChI is InChI=1S/C19H38O4/c1-13(2)9-7-10-14(3)11-8-12-19(6)22-17(15(4)20)18(23-19)16(5)21/h13-18,20-21H,7-12H2,1-6H3/t14-,15+,16+,17+,18+/m0/s1. The fourth-order valence-corrected chi connectivity index (χ4v) is 3.39. The van der Waals surface area contributed by atoms with E-state index in [1.165, 1.54) is 25.7 Å². The Morgan fingerprint density at radius 1 is 0.826 bits per heavy atom. The zero-order valence-corrected chi connectivity index (χ0v) is 15.9. The van der Waals surface area contributed by atoms with Crippen LogP contribution in [-0.4, -0.2) is 40.4 Å². The SMILES string of the molecule is CC(C)CCC[C@H](C)CCCC1(C)O[C@H]([C@@H](C)O)[C@@H]([C@@H](C)O)O1. The van der Waals surface area contributed by atoms with Crippen LogP contribution in [0.5, 0.6) is 0 Å². The molecule has 4 heteroatoms. The van der Waals surface area contributed by atoms with E-state index in [1.54, 1.807) is 13.8 Å². The lowest BCUT2D eigenvalue weighted by atomic mass is 9.94. The fraction of sp³-hybridized carbons (Fsp3) is 1.00. The maximum atomic E-state index is 9.84. The van der Waals surface area contributed by atoms with Gasteiger partial charge in [0.2, 0.25) is 0 Å². The molecule has 2 N–H and O–H groups in total. The highest BCUT2D eigenvalue weighted by molar-refractivity contribution is 4.89. The zero-order valence-electron chi connectivity index (χ0n) is 15.9. The van der Waals surface area contributed by atoms with E-state index >= 15 is 0 Å². The van der Waals surface area contributed by atoms with Crippen molar-refractivity contribution < 1.29 is 19.7 Å². The molecular weight excluding hydrogens is 292 g/mol. The van der Waals surface area contributed by atoms with E-state index in [2.05, 4.69) is 20.8 Å². The Morgan fingerprint density at radius 3 is 1.74 bits per heavy atom. The summed E-state index contributed by atoms with van der Waals surface area (Å²) in [5.74, 6) is 0.816. The van der Waals surface area contributed by atoms with E-state index in [1.807, 2.05) is 6.92 Å². The molecule has 0 aromatic carbocycles. The second kappa shape index (κ2) is 9.36. The molecule has 0 amide bonds. The summed E-state index contributed by atoms with van der Waals surface area (Å²) in [6, 6.07) is 0. The van der Waals surface area contributed by atoms with Crippen molar-refractivity contribution in [3.63, 3.8) is 0 Å². The molecule has 0 aromatic rings. The molecule has 0 aliphatic carbocycles. The van der Waals surface area contributed by atoms with Crippen LogP contribution >= 0.6 is 0 Å². The van der Waals surface area contributed by atoms with Gasteiger partial charge in [-0.05, 0) is 39.0 Å². The maximum absolute atomic E-state index is 9.84. The first-order valence-electron chi connectivity index (χ1n) is 9.36. The normalized spacial score (nSPS) is 32.2. The lowest BCUT2D eigenvalue weighted by Gasteiger charge is -2.24. The van der Waals surface area contributed by atoms with Gasteiger partial charge in [0.05, 0.1) is 12.2 Å². The van der Waals surface area contributed by atoms with Crippen molar-refractivity contribution in [1.29, 1.82) is 0 Å². The molecule has 1 aliphatic heterocycles. The first kappa shape index (κ1) is 20.9. The van der Waals surface area contributed by atoms with Crippen molar-refractivity contribution >= 4 is 0 Å². The van der Waals surface area contributed by atoms with Crippen LogP contribution in [0.4, 0.5) is 0 Å². The molecule has 0 saturated carbocycles. The number of hydrogen-bond acceptors (Lipinski definition) is 4. The van der Waals surface area contributed by atoms with Gasteiger partial charge in [0.25, 0.3) is 0 Å². The van der Waals surface area contributed by atoms with E-state index in [0.717, 1.165) is 24.7 Å². The van der Waals surface area contributed by atoms with Gasteiger partial charge in [0.15, 0.2) is 5.79 Å². The van der Waals surface area contributed by atoms with Crippen molar-refractivity contribution in [2.45, 2.75) is 110 Å². The average molecular weight is 331 g/mol. The highest BCUT2D eigenvalue weighted by Gasteiger charge is 2.47. The van der Waals surface area contributed by atoms with Gasteiger partial charge >= 0.3 is 0 Å². The molecule has 0 radical (unpaired) electrons. The number of hydrogen-bond donors (Lipinski definition) is 2. The van der Waals surface area contributed by atoms with Crippen LogP contribution in [0.1, 0.15) is 80.1 Å². The average Bonchev–Trinajstić information content (AvgIpc) is 2.77. The van der Waals surface area contributed by atoms with Crippen LogP contribution in [0.15, 0.2) is 0 Å². The van der Waals surface area contributed by atoms with Crippen LogP contribution in [0, 0.1) is 11.8 Å². The molecule has 1 rings (SSSR count). The quantitative estimate of drug-likeness (QED) is 0.638. The Hall–Kier alpha value is -0.160. The van der Waals surface area contributed by atoms with E-state index in [-0.39, 0.29) is 0 Å². The van der Waals surface area contributed by atoms with Gasteiger partial charge in [0, 0.05) is 6.42 Å². The summed E-state index contributed by atoms with van der Waals surface area (Å²) >= 11 is 0. The van der Waals surface area contributed by atoms with E-state index in [4.69, 9.17) is 9.47 Å². The van der Waals surface area contributed by atoms with E-state index < -0.39 is 30.2 Å². The zero-order chi connectivity index (χ0) is 17.6. The molecule has 0 unspecified atom stereocenters. The maximum Gasteiger partial charge on any atom is 0.166 e. The van der Waals surface area contributed by atoms with Gasteiger partial charge in [-0.3, -0.25) is 0 Å². The molecule has 0 spiro atoms. The monoisotopic (exact) mass is 330 g/mol. The first-order valence-corrected chi connectivity index (χ1v) is 9.36. The summed E-state index contributed by atoms with van der Waals surface area (Å²) in [4.78, 5) is 0. The van der Waals surface area contributed by atoms with E-state index in [9.17, 15) is 10.2 Å². The van der Waals surface area contributed by atoms with Gasteiger partial charge < -0.3 is 19.7 Å². The van der Waals surface area contributed by atoms with Crippen LogP contribution in [0.2, 0.25) is 0 Å². The molecule has 23 heavy (non-hydrogen) atoms. The minimum atomic E-state index is -0.693. The number of ether oxygens (including phenoxy) is 2. The highest BCUT2D eigenvalue weighted by atomic mass is 16.8.